The number of carboxylic acid groups (broad SMARTS) is 1. The highest BCUT2D eigenvalue weighted by molar-refractivity contribution is 6.28. The van der Waals surface area contributed by atoms with Crippen LogP contribution in [0.5, 0.6) is 0 Å². The molecule has 0 aromatic heterocycles. The van der Waals surface area contributed by atoms with E-state index in [1.54, 1.807) is 24.3 Å². The van der Waals surface area contributed by atoms with Gasteiger partial charge in [-0.15, -0.1) is 0 Å². The number of carbonyl (C=O) groups excluding carboxylic acids is 2. The summed E-state index contributed by atoms with van der Waals surface area (Å²) in [5, 5.41) is 8.45. The van der Waals surface area contributed by atoms with Crippen LogP contribution in [0.15, 0.2) is 36.4 Å². The molecule has 94 valence electrons. The largest absolute Gasteiger partial charge is 0.481 e. The van der Waals surface area contributed by atoms with Crippen LogP contribution in [0, 0.1) is 11.8 Å². The van der Waals surface area contributed by atoms with Crippen LogP contribution in [0.25, 0.3) is 0 Å². The molecule has 1 heterocycles. The summed E-state index contributed by atoms with van der Waals surface area (Å²) in [6, 6.07) is 6.44. The number of amides is 2. The van der Waals surface area contributed by atoms with Crippen molar-refractivity contribution in [1.29, 1.82) is 0 Å². The molecular formula is C14H9NO4. The van der Waals surface area contributed by atoms with Crippen molar-refractivity contribution in [3.8, 4) is 11.8 Å². The van der Waals surface area contributed by atoms with Crippen molar-refractivity contribution in [1.82, 2.24) is 0 Å². The number of imide groups is 1. The second kappa shape index (κ2) is 5.19. The molecule has 1 aromatic carbocycles. The third-order valence-corrected chi connectivity index (χ3v) is 2.41. The fourth-order valence-electron chi connectivity index (χ4n) is 1.57. The summed E-state index contributed by atoms with van der Waals surface area (Å²) in [7, 11) is 0. The monoisotopic (exact) mass is 255 g/mol. The zero-order valence-corrected chi connectivity index (χ0v) is 9.79. The van der Waals surface area contributed by atoms with Gasteiger partial charge in [-0.05, 0) is 24.3 Å². The molecule has 1 aliphatic rings. The Morgan fingerprint density at radius 3 is 2.21 bits per heavy atom. The SMILES string of the molecule is O=C(O)CC#Cc1ccc(N2C(=O)C=CC2=O)cc1. The number of rotatable bonds is 2. The van der Waals surface area contributed by atoms with E-state index in [4.69, 9.17) is 5.11 Å². The van der Waals surface area contributed by atoms with Gasteiger partial charge in [0.05, 0.1) is 5.69 Å². The van der Waals surface area contributed by atoms with Gasteiger partial charge in [0, 0.05) is 17.7 Å². The minimum absolute atomic E-state index is 0.227. The highest BCUT2D eigenvalue weighted by atomic mass is 16.4. The Kier molecular flexibility index (Phi) is 3.44. The van der Waals surface area contributed by atoms with Gasteiger partial charge in [0.15, 0.2) is 0 Å². The van der Waals surface area contributed by atoms with Crippen molar-refractivity contribution in [2.45, 2.75) is 6.42 Å². The molecule has 0 saturated carbocycles. The maximum absolute atomic E-state index is 11.4. The zero-order chi connectivity index (χ0) is 13.8. The molecule has 19 heavy (non-hydrogen) atoms. The first-order valence-electron chi connectivity index (χ1n) is 5.45. The Hall–Kier alpha value is -2.87. The van der Waals surface area contributed by atoms with E-state index in [1.807, 2.05) is 0 Å². The van der Waals surface area contributed by atoms with Crippen molar-refractivity contribution in [2.24, 2.45) is 0 Å². The van der Waals surface area contributed by atoms with E-state index in [-0.39, 0.29) is 18.2 Å². The summed E-state index contributed by atoms with van der Waals surface area (Å²) in [6.07, 6.45) is 2.20. The molecule has 5 heteroatoms. The maximum Gasteiger partial charge on any atom is 0.315 e. The van der Waals surface area contributed by atoms with Crippen LogP contribution in [0.2, 0.25) is 0 Å². The highest BCUT2D eigenvalue weighted by Crippen LogP contribution is 2.19. The van der Waals surface area contributed by atoms with E-state index >= 15 is 0 Å². The zero-order valence-electron chi connectivity index (χ0n) is 9.79. The van der Waals surface area contributed by atoms with E-state index in [2.05, 4.69) is 11.8 Å². The number of hydrogen-bond donors (Lipinski definition) is 1. The first-order chi connectivity index (χ1) is 9.08. The number of nitrogens with zero attached hydrogens (tertiary/aromatic N) is 1. The van der Waals surface area contributed by atoms with Crippen LogP contribution in [0.4, 0.5) is 5.69 Å². The lowest BCUT2D eigenvalue weighted by atomic mass is 10.2. The van der Waals surface area contributed by atoms with E-state index in [1.165, 1.54) is 12.2 Å². The van der Waals surface area contributed by atoms with Crippen molar-refractivity contribution >= 4 is 23.5 Å². The lowest BCUT2D eigenvalue weighted by Gasteiger charge is -2.13. The Morgan fingerprint density at radius 2 is 1.68 bits per heavy atom. The van der Waals surface area contributed by atoms with Gasteiger partial charge in [-0.1, -0.05) is 11.8 Å². The number of aliphatic carboxylic acids is 1. The number of carboxylic acids is 1. The van der Waals surface area contributed by atoms with Crippen LogP contribution < -0.4 is 4.90 Å². The molecule has 0 aliphatic carbocycles. The van der Waals surface area contributed by atoms with Crippen LogP contribution in [-0.2, 0) is 14.4 Å². The first kappa shape index (κ1) is 12.6. The molecule has 0 fully saturated rings. The molecule has 1 N–H and O–H groups in total. The van der Waals surface area contributed by atoms with Gasteiger partial charge >= 0.3 is 5.97 Å². The Labute approximate surface area is 109 Å². The molecule has 5 nitrogen and oxygen atoms in total. The average Bonchev–Trinajstić information content (AvgIpc) is 2.70. The van der Waals surface area contributed by atoms with E-state index < -0.39 is 5.97 Å². The summed E-state index contributed by atoms with van der Waals surface area (Å²) in [5.41, 5.74) is 1.08. The normalized spacial score (nSPS) is 13.4. The molecule has 1 aliphatic heterocycles. The van der Waals surface area contributed by atoms with Gasteiger partial charge in [0.2, 0.25) is 0 Å². The Balaban J connectivity index is 2.14. The lowest BCUT2D eigenvalue weighted by Crippen LogP contribution is -2.29. The molecule has 1 aromatic rings. The standard InChI is InChI=1S/C14H9NO4/c16-12-8-9-13(17)15(12)11-6-4-10(5-7-11)2-1-3-14(18)19/h4-9H,3H2,(H,18,19). The van der Waals surface area contributed by atoms with Crippen LogP contribution in [-0.4, -0.2) is 22.9 Å². The van der Waals surface area contributed by atoms with Gasteiger partial charge in [0.1, 0.15) is 6.42 Å². The van der Waals surface area contributed by atoms with Gasteiger partial charge in [-0.2, -0.15) is 0 Å². The highest BCUT2D eigenvalue weighted by Gasteiger charge is 2.24. The number of hydrogen-bond acceptors (Lipinski definition) is 3. The van der Waals surface area contributed by atoms with E-state index in [0.29, 0.717) is 11.3 Å². The molecule has 0 spiro atoms. The molecule has 0 radical (unpaired) electrons. The lowest BCUT2D eigenvalue weighted by molar-refractivity contribution is -0.135. The van der Waals surface area contributed by atoms with Crippen molar-refractivity contribution in [3.05, 3.63) is 42.0 Å². The molecule has 0 atom stereocenters. The summed E-state index contributed by atoms with van der Waals surface area (Å²) in [4.78, 5) is 34.2. The second-order valence-corrected chi connectivity index (χ2v) is 3.76. The number of benzene rings is 1. The predicted octanol–water partition coefficient (Wildman–Crippen LogP) is 0.942. The van der Waals surface area contributed by atoms with Crippen LogP contribution >= 0.6 is 0 Å². The quantitative estimate of drug-likeness (QED) is 0.630. The fourth-order valence-corrected chi connectivity index (χ4v) is 1.57. The number of anilines is 1. The molecular weight excluding hydrogens is 246 g/mol. The minimum atomic E-state index is -0.983. The number of carbonyl (C=O) groups is 3. The fraction of sp³-hybridized carbons (Fsp3) is 0.0714. The summed E-state index contributed by atoms with van der Waals surface area (Å²) in [5.74, 6) is 3.44. The Bertz CT molecular complexity index is 614. The van der Waals surface area contributed by atoms with Gasteiger partial charge < -0.3 is 5.11 Å². The molecule has 2 rings (SSSR count). The molecule has 0 saturated heterocycles. The van der Waals surface area contributed by atoms with Gasteiger partial charge in [-0.25, -0.2) is 4.90 Å². The minimum Gasteiger partial charge on any atom is -0.481 e. The Morgan fingerprint density at radius 1 is 1.11 bits per heavy atom. The first-order valence-corrected chi connectivity index (χ1v) is 5.45. The summed E-state index contributed by atoms with van der Waals surface area (Å²) in [6.45, 7) is 0. The van der Waals surface area contributed by atoms with E-state index in [9.17, 15) is 14.4 Å². The summed E-state index contributed by atoms with van der Waals surface area (Å²) < 4.78 is 0. The molecule has 2 amide bonds. The van der Waals surface area contributed by atoms with Gasteiger partial charge in [-0.3, -0.25) is 14.4 Å². The van der Waals surface area contributed by atoms with Crippen molar-refractivity contribution in [3.63, 3.8) is 0 Å². The predicted molar refractivity (Wildman–Crippen MR) is 67.2 cm³/mol. The van der Waals surface area contributed by atoms with Gasteiger partial charge in [0.25, 0.3) is 11.8 Å². The van der Waals surface area contributed by atoms with E-state index in [0.717, 1.165) is 4.90 Å². The maximum atomic E-state index is 11.4. The van der Waals surface area contributed by atoms with Crippen molar-refractivity contribution < 1.29 is 19.5 Å². The third-order valence-electron chi connectivity index (χ3n) is 2.41. The smallest absolute Gasteiger partial charge is 0.315 e. The van der Waals surface area contributed by atoms with Crippen LogP contribution in [0.3, 0.4) is 0 Å². The topological polar surface area (TPSA) is 74.7 Å². The molecule has 0 bridgehead atoms. The summed E-state index contributed by atoms with van der Waals surface area (Å²) >= 11 is 0. The second-order valence-electron chi connectivity index (χ2n) is 3.76. The average molecular weight is 255 g/mol. The van der Waals surface area contributed by atoms with Crippen molar-refractivity contribution in [2.75, 3.05) is 4.90 Å². The molecule has 0 unspecified atom stereocenters. The third kappa shape index (κ3) is 2.87. The van der Waals surface area contributed by atoms with Crippen LogP contribution in [0.1, 0.15) is 12.0 Å².